The number of hydrogen-bond donors (Lipinski definition) is 1. The molecule has 20 heavy (non-hydrogen) atoms. The highest BCUT2D eigenvalue weighted by Crippen LogP contribution is 2.35. The summed E-state index contributed by atoms with van der Waals surface area (Å²) < 4.78 is 19.5. The van der Waals surface area contributed by atoms with Crippen molar-refractivity contribution in [2.24, 2.45) is 0 Å². The van der Waals surface area contributed by atoms with Crippen LogP contribution < -0.4 is 5.32 Å². The number of benzene rings is 1. The average molecular weight is 275 g/mol. The molecule has 1 fully saturated rings. The normalized spacial score (nSPS) is 23.1. The standard InChI is InChI=1S/C15H18FN3O/c1-17-15-12-4-9-20-14(11(12)2-3-13(15)16)10-19-7-5-18-6-8-19/h2-3,14,18H,4-10H2. The molecule has 0 amide bonds. The smallest absolute Gasteiger partial charge is 0.225 e. The Morgan fingerprint density at radius 2 is 2.20 bits per heavy atom. The van der Waals surface area contributed by atoms with Crippen molar-refractivity contribution in [3.63, 3.8) is 0 Å². The molecule has 2 aliphatic heterocycles. The second-order valence-corrected chi connectivity index (χ2v) is 5.24. The van der Waals surface area contributed by atoms with E-state index in [-0.39, 0.29) is 11.8 Å². The fourth-order valence-electron chi connectivity index (χ4n) is 2.98. The van der Waals surface area contributed by atoms with Gasteiger partial charge in [-0.3, -0.25) is 4.90 Å². The maximum absolute atomic E-state index is 13.7. The van der Waals surface area contributed by atoms with Gasteiger partial charge in [0.2, 0.25) is 5.69 Å². The highest BCUT2D eigenvalue weighted by atomic mass is 19.1. The molecule has 4 nitrogen and oxygen atoms in total. The lowest BCUT2D eigenvalue weighted by Gasteiger charge is -2.34. The van der Waals surface area contributed by atoms with E-state index in [0.29, 0.717) is 13.0 Å². The van der Waals surface area contributed by atoms with Gasteiger partial charge in [-0.25, -0.2) is 9.24 Å². The molecule has 0 bridgehead atoms. The Morgan fingerprint density at radius 1 is 1.40 bits per heavy atom. The SMILES string of the molecule is [C-]#[N+]c1c(F)ccc2c1CCOC2CN1CCNCC1. The summed E-state index contributed by atoms with van der Waals surface area (Å²) in [6.07, 6.45) is 0.584. The molecule has 1 unspecified atom stereocenters. The highest BCUT2D eigenvalue weighted by Gasteiger charge is 2.26. The minimum Gasteiger partial charge on any atom is -0.372 e. The van der Waals surface area contributed by atoms with Gasteiger partial charge >= 0.3 is 0 Å². The molecular formula is C15H18FN3O. The van der Waals surface area contributed by atoms with Crippen molar-refractivity contribution in [3.05, 3.63) is 40.5 Å². The van der Waals surface area contributed by atoms with Crippen molar-refractivity contribution >= 4 is 5.69 Å². The molecule has 5 heteroatoms. The maximum atomic E-state index is 13.7. The van der Waals surface area contributed by atoms with E-state index < -0.39 is 5.82 Å². The minimum atomic E-state index is -0.415. The third-order valence-corrected chi connectivity index (χ3v) is 4.03. The molecule has 0 saturated carbocycles. The first-order valence-electron chi connectivity index (χ1n) is 7.03. The van der Waals surface area contributed by atoms with Crippen LogP contribution in [0.4, 0.5) is 10.1 Å². The van der Waals surface area contributed by atoms with Gasteiger partial charge in [-0.05, 0) is 23.6 Å². The van der Waals surface area contributed by atoms with E-state index in [1.54, 1.807) is 6.07 Å². The summed E-state index contributed by atoms with van der Waals surface area (Å²) in [6.45, 7) is 12.6. The summed E-state index contributed by atoms with van der Waals surface area (Å²) in [7, 11) is 0. The summed E-state index contributed by atoms with van der Waals surface area (Å²) in [6, 6.07) is 3.18. The molecule has 1 aromatic rings. The Labute approximate surface area is 118 Å². The Morgan fingerprint density at radius 3 is 2.95 bits per heavy atom. The van der Waals surface area contributed by atoms with Crippen molar-refractivity contribution < 1.29 is 9.13 Å². The fraction of sp³-hybridized carbons (Fsp3) is 0.533. The van der Waals surface area contributed by atoms with Crippen molar-refractivity contribution in [2.75, 3.05) is 39.3 Å². The van der Waals surface area contributed by atoms with Gasteiger partial charge < -0.3 is 10.1 Å². The van der Waals surface area contributed by atoms with Crippen LogP contribution in [0.2, 0.25) is 0 Å². The topological polar surface area (TPSA) is 28.9 Å². The predicted octanol–water partition coefficient (Wildman–Crippen LogP) is 1.90. The summed E-state index contributed by atoms with van der Waals surface area (Å²) in [5.74, 6) is -0.415. The summed E-state index contributed by atoms with van der Waals surface area (Å²) in [4.78, 5) is 5.72. The number of rotatable bonds is 2. The molecule has 2 aliphatic rings. The molecule has 1 saturated heterocycles. The molecule has 106 valence electrons. The lowest BCUT2D eigenvalue weighted by atomic mass is 9.95. The van der Waals surface area contributed by atoms with Crippen LogP contribution in [0.5, 0.6) is 0 Å². The van der Waals surface area contributed by atoms with Crippen LogP contribution in [0.15, 0.2) is 12.1 Å². The van der Waals surface area contributed by atoms with Crippen LogP contribution in [0.25, 0.3) is 4.85 Å². The van der Waals surface area contributed by atoms with Crippen LogP contribution in [-0.2, 0) is 11.2 Å². The van der Waals surface area contributed by atoms with Crippen LogP contribution in [-0.4, -0.2) is 44.2 Å². The molecular weight excluding hydrogens is 257 g/mol. The molecule has 1 N–H and O–H groups in total. The van der Waals surface area contributed by atoms with Crippen LogP contribution in [0, 0.1) is 12.4 Å². The molecule has 0 radical (unpaired) electrons. The van der Waals surface area contributed by atoms with Gasteiger partial charge in [-0.2, -0.15) is 0 Å². The molecule has 0 aromatic heterocycles. The predicted molar refractivity (Wildman–Crippen MR) is 74.4 cm³/mol. The largest absolute Gasteiger partial charge is 0.372 e. The summed E-state index contributed by atoms with van der Waals surface area (Å²) >= 11 is 0. The van der Waals surface area contributed by atoms with Crippen molar-refractivity contribution in [1.29, 1.82) is 0 Å². The molecule has 2 heterocycles. The van der Waals surface area contributed by atoms with E-state index in [1.807, 2.05) is 0 Å². The lowest BCUT2D eigenvalue weighted by molar-refractivity contribution is 0.0137. The number of nitrogens with one attached hydrogen (secondary N) is 1. The highest BCUT2D eigenvalue weighted by molar-refractivity contribution is 5.58. The quantitative estimate of drug-likeness (QED) is 0.836. The number of nitrogens with zero attached hydrogens (tertiary/aromatic N) is 2. The van der Waals surface area contributed by atoms with Crippen LogP contribution >= 0.6 is 0 Å². The first kappa shape index (κ1) is 13.5. The summed E-state index contributed by atoms with van der Waals surface area (Å²) in [5.41, 5.74) is 2.00. The Hall–Kier alpha value is -1.48. The third kappa shape index (κ3) is 2.55. The number of hydrogen-bond acceptors (Lipinski definition) is 3. The third-order valence-electron chi connectivity index (χ3n) is 4.03. The summed E-state index contributed by atoms with van der Waals surface area (Å²) in [5, 5.41) is 3.32. The van der Waals surface area contributed by atoms with E-state index in [9.17, 15) is 4.39 Å². The number of halogens is 1. The zero-order chi connectivity index (χ0) is 13.9. The Balaban J connectivity index is 1.84. The van der Waals surface area contributed by atoms with Gasteiger partial charge in [0.25, 0.3) is 0 Å². The van der Waals surface area contributed by atoms with E-state index in [2.05, 4.69) is 15.1 Å². The van der Waals surface area contributed by atoms with E-state index in [4.69, 9.17) is 11.3 Å². The Bertz CT molecular complexity index is 535. The molecule has 3 rings (SSSR count). The molecule has 1 aromatic carbocycles. The van der Waals surface area contributed by atoms with E-state index in [1.165, 1.54) is 6.07 Å². The molecule has 0 spiro atoms. The van der Waals surface area contributed by atoms with Gasteiger partial charge in [0.1, 0.15) is 5.82 Å². The minimum absolute atomic E-state index is 0.0436. The Kier molecular flexibility index (Phi) is 3.97. The van der Waals surface area contributed by atoms with Gasteiger partial charge in [0.15, 0.2) is 0 Å². The zero-order valence-electron chi connectivity index (χ0n) is 11.4. The zero-order valence-corrected chi connectivity index (χ0v) is 11.4. The number of piperazine rings is 1. The first-order chi connectivity index (χ1) is 9.79. The van der Waals surface area contributed by atoms with Crippen molar-refractivity contribution in [2.45, 2.75) is 12.5 Å². The van der Waals surface area contributed by atoms with Crippen LogP contribution in [0.3, 0.4) is 0 Å². The number of ether oxygens (including phenoxy) is 1. The maximum Gasteiger partial charge on any atom is 0.225 e. The number of fused-ring (bicyclic) bond motifs is 1. The molecule has 1 atom stereocenters. The van der Waals surface area contributed by atoms with E-state index in [0.717, 1.165) is 43.9 Å². The van der Waals surface area contributed by atoms with Crippen LogP contribution in [0.1, 0.15) is 17.2 Å². The average Bonchev–Trinajstić information content (AvgIpc) is 2.48. The van der Waals surface area contributed by atoms with Crippen molar-refractivity contribution in [3.8, 4) is 0 Å². The molecule has 0 aliphatic carbocycles. The first-order valence-corrected chi connectivity index (χ1v) is 7.03. The second-order valence-electron chi connectivity index (χ2n) is 5.24. The van der Waals surface area contributed by atoms with Gasteiger partial charge in [-0.15, -0.1) is 0 Å². The monoisotopic (exact) mass is 275 g/mol. The second kappa shape index (κ2) is 5.88. The van der Waals surface area contributed by atoms with Gasteiger partial charge in [0, 0.05) is 32.7 Å². The van der Waals surface area contributed by atoms with Crippen molar-refractivity contribution in [1.82, 2.24) is 10.2 Å². The van der Waals surface area contributed by atoms with Gasteiger partial charge in [0.05, 0.1) is 19.3 Å². The fourth-order valence-corrected chi connectivity index (χ4v) is 2.98. The van der Waals surface area contributed by atoms with Gasteiger partial charge in [-0.1, -0.05) is 6.07 Å². The van der Waals surface area contributed by atoms with E-state index >= 15 is 0 Å². The lowest BCUT2D eigenvalue weighted by Crippen LogP contribution is -2.45.